The molecule has 0 atom stereocenters. The van der Waals surface area contributed by atoms with E-state index in [4.69, 9.17) is 16.3 Å². The second-order valence-corrected chi connectivity index (χ2v) is 6.27. The molecule has 0 unspecified atom stereocenters. The Kier molecular flexibility index (Phi) is 5.25. The molecule has 4 nitrogen and oxygen atoms in total. The Labute approximate surface area is 151 Å². The van der Waals surface area contributed by atoms with Gasteiger partial charge in [0, 0.05) is 5.38 Å². The first-order chi connectivity index (χ1) is 12.0. The van der Waals surface area contributed by atoms with Crippen molar-refractivity contribution in [3.8, 4) is 5.75 Å². The van der Waals surface area contributed by atoms with Gasteiger partial charge in [-0.2, -0.15) is 0 Å². The van der Waals surface area contributed by atoms with Crippen LogP contribution in [0, 0.1) is 11.6 Å². The van der Waals surface area contributed by atoms with Gasteiger partial charge in [0.1, 0.15) is 28.9 Å². The Balaban J connectivity index is 1.63. The molecule has 8 heteroatoms. The molecule has 3 rings (SSSR count). The van der Waals surface area contributed by atoms with Crippen molar-refractivity contribution < 1.29 is 18.3 Å². The van der Waals surface area contributed by atoms with E-state index in [-0.39, 0.29) is 28.8 Å². The predicted molar refractivity (Wildman–Crippen MR) is 92.2 cm³/mol. The summed E-state index contributed by atoms with van der Waals surface area (Å²) in [6, 6.07) is 9.90. The number of thiazole rings is 1. The van der Waals surface area contributed by atoms with Gasteiger partial charge in [-0.05, 0) is 36.4 Å². The minimum atomic E-state index is -0.701. The van der Waals surface area contributed by atoms with Crippen LogP contribution in [0.2, 0.25) is 5.02 Å². The summed E-state index contributed by atoms with van der Waals surface area (Å²) in [5.41, 5.74) is 0.122. The molecule has 1 amide bonds. The molecule has 0 spiro atoms. The summed E-state index contributed by atoms with van der Waals surface area (Å²) in [6.07, 6.45) is 0. The molecule has 0 aliphatic rings. The maximum absolute atomic E-state index is 13.8. The van der Waals surface area contributed by atoms with Crippen LogP contribution in [0.4, 0.5) is 14.5 Å². The topological polar surface area (TPSA) is 51.2 Å². The van der Waals surface area contributed by atoms with Gasteiger partial charge in [-0.1, -0.05) is 17.7 Å². The van der Waals surface area contributed by atoms with E-state index in [1.807, 2.05) is 0 Å². The molecule has 0 aliphatic heterocycles. The second-order valence-electron chi connectivity index (χ2n) is 4.92. The highest BCUT2D eigenvalue weighted by molar-refractivity contribution is 7.09. The van der Waals surface area contributed by atoms with Crippen LogP contribution in [0.3, 0.4) is 0 Å². The fourth-order valence-corrected chi connectivity index (χ4v) is 2.80. The van der Waals surface area contributed by atoms with E-state index in [9.17, 15) is 13.6 Å². The maximum atomic E-state index is 13.8. The number of hydrogen-bond acceptors (Lipinski definition) is 4. The summed E-state index contributed by atoms with van der Waals surface area (Å²) in [4.78, 5) is 16.3. The number of halogens is 3. The molecule has 3 aromatic rings. The van der Waals surface area contributed by atoms with E-state index >= 15 is 0 Å². The number of nitrogens with zero attached hydrogens (tertiary/aromatic N) is 1. The molecule has 1 N–H and O–H groups in total. The standard InChI is InChI=1S/C17H11ClF2N2O2S/c18-12-2-1-3-13(16(12)20)22-17(23)14-9-25-15(21-14)8-24-11-6-4-10(19)5-7-11/h1-7,9H,8H2,(H,22,23). The van der Waals surface area contributed by atoms with Crippen molar-refractivity contribution in [3.05, 3.63) is 75.2 Å². The number of anilines is 1. The Morgan fingerprint density at radius 3 is 2.72 bits per heavy atom. The lowest BCUT2D eigenvalue weighted by molar-refractivity contribution is 0.102. The lowest BCUT2D eigenvalue weighted by atomic mass is 10.3. The average molecular weight is 381 g/mol. The van der Waals surface area contributed by atoms with Gasteiger partial charge in [-0.3, -0.25) is 4.79 Å². The van der Waals surface area contributed by atoms with Gasteiger partial charge in [0.15, 0.2) is 5.82 Å². The molecule has 1 heterocycles. The molecule has 0 bridgehead atoms. The van der Waals surface area contributed by atoms with Crippen LogP contribution in [-0.4, -0.2) is 10.9 Å². The maximum Gasteiger partial charge on any atom is 0.275 e. The highest BCUT2D eigenvalue weighted by Gasteiger charge is 2.14. The average Bonchev–Trinajstić information content (AvgIpc) is 3.08. The van der Waals surface area contributed by atoms with Gasteiger partial charge in [0.2, 0.25) is 0 Å². The molecule has 2 aromatic carbocycles. The SMILES string of the molecule is O=C(Nc1cccc(Cl)c1F)c1csc(COc2ccc(F)cc2)n1. The van der Waals surface area contributed by atoms with Crippen LogP contribution in [-0.2, 0) is 6.61 Å². The number of rotatable bonds is 5. The predicted octanol–water partition coefficient (Wildman–Crippen LogP) is 4.91. The number of hydrogen-bond donors (Lipinski definition) is 1. The number of aromatic nitrogens is 1. The molecule has 0 fully saturated rings. The molecule has 25 heavy (non-hydrogen) atoms. The van der Waals surface area contributed by atoms with Crippen LogP contribution in [0.5, 0.6) is 5.75 Å². The summed E-state index contributed by atoms with van der Waals surface area (Å²) in [5.74, 6) is -1.12. The van der Waals surface area contributed by atoms with E-state index < -0.39 is 11.7 Å². The van der Waals surface area contributed by atoms with Crippen LogP contribution in [0.25, 0.3) is 0 Å². The molecule has 0 radical (unpaired) electrons. The summed E-state index contributed by atoms with van der Waals surface area (Å²) in [5, 5.41) is 4.44. The Morgan fingerprint density at radius 2 is 1.96 bits per heavy atom. The summed E-state index contributed by atoms with van der Waals surface area (Å²) >= 11 is 6.90. The molecular weight excluding hydrogens is 370 g/mol. The van der Waals surface area contributed by atoms with Crippen molar-refractivity contribution in [2.24, 2.45) is 0 Å². The quantitative estimate of drug-likeness (QED) is 0.684. The Bertz CT molecular complexity index is 900. The minimum absolute atomic E-state index is 0.0189. The number of benzene rings is 2. The monoisotopic (exact) mass is 380 g/mol. The van der Waals surface area contributed by atoms with Crippen molar-refractivity contribution in [1.82, 2.24) is 4.98 Å². The molecular formula is C17H11ClF2N2O2S. The zero-order chi connectivity index (χ0) is 17.8. The third-order valence-corrected chi connectivity index (χ3v) is 4.27. The summed E-state index contributed by atoms with van der Waals surface area (Å²) in [7, 11) is 0. The van der Waals surface area contributed by atoms with Crippen molar-refractivity contribution >= 4 is 34.5 Å². The largest absolute Gasteiger partial charge is 0.486 e. The van der Waals surface area contributed by atoms with Gasteiger partial charge in [-0.15, -0.1) is 11.3 Å². The Hall–Kier alpha value is -2.51. The zero-order valence-electron chi connectivity index (χ0n) is 12.6. The smallest absolute Gasteiger partial charge is 0.275 e. The molecule has 128 valence electrons. The van der Waals surface area contributed by atoms with Gasteiger partial charge in [0.25, 0.3) is 5.91 Å². The third-order valence-electron chi connectivity index (χ3n) is 3.16. The first-order valence-electron chi connectivity index (χ1n) is 7.11. The highest BCUT2D eigenvalue weighted by Crippen LogP contribution is 2.23. The lowest BCUT2D eigenvalue weighted by Gasteiger charge is -2.05. The van der Waals surface area contributed by atoms with Crippen molar-refractivity contribution in [3.63, 3.8) is 0 Å². The number of carbonyl (C=O) groups is 1. The van der Waals surface area contributed by atoms with E-state index in [0.717, 1.165) is 0 Å². The number of carbonyl (C=O) groups excluding carboxylic acids is 1. The molecule has 1 aromatic heterocycles. The van der Waals surface area contributed by atoms with E-state index in [1.165, 1.54) is 53.8 Å². The van der Waals surface area contributed by atoms with Gasteiger partial charge in [0.05, 0.1) is 10.7 Å². The second kappa shape index (κ2) is 7.58. The summed E-state index contributed by atoms with van der Waals surface area (Å²) < 4.78 is 32.1. The van der Waals surface area contributed by atoms with Crippen molar-refractivity contribution in [2.45, 2.75) is 6.61 Å². The fraction of sp³-hybridized carbons (Fsp3) is 0.0588. The number of nitrogens with one attached hydrogen (secondary N) is 1. The zero-order valence-corrected chi connectivity index (χ0v) is 14.2. The highest BCUT2D eigenvalue weighted by atomic mass is 35.5. The minimum Gasteiger partial charge on any atom is -0.486 e. The van der Waals surface area contributed by atoms with Gasteiger partial charge < -0.3 is 10.1 Å². The molecule has 0 saturated carbocycles. The van der Waals surface area contributed by atoms with Gasteiger partial charge >= 0.3 is 0 Å². The van der Waals surface area contributed by atoms with Crippen LogP contribution < -0.4 is 10.1 Å². The first-order valence-corrected chi connectivity index (χ1v) is 8.37. The summed E-state index contributed by atoms with van der Waals surface area (Å²) in [6.45, 7) is 0.134. The lowest BCUT2D eigenvalue weighted by Crippen LogP contribution is -2.13. The van der Waals surface area contributed by atoms with E-state index in [1.54, 1.807) is 5.38 Å². The fourth-order valence-electron chi connectivity index (χ4n) is 1.94. The molecule has 0 aliphatic carbocycles. The molecule has 0 saturated heterocycles. The first kappa shape index (κ1) is 17.3. The number of amides is 1. The van der Waals surface area contributed by atoms with Gasteiger partial charge in [-0.25, -0.2) is 13.8 Å². The van der Waals surface area contributed by atoms with Crippen LogP contribution in [0.1, 0.15) is 15.5 Å². The van der Waals surface area contributed by atoms with E-state index in [2.05, 4.69) is 10.3 Å². The third kappa shape index (κ3) is 4.32. The Morgan fingerprint density at radius 1 is 1.20 bits per heavy atom. The number of ether oxygens (including phenoxy) is 1. The van der Waals surface area contributed by atoms with Crippen molar-refractivity contribution in [1.29, 1.82) is 0 Å². The normalized spacial score (nSPS) is 10.5. The van der Waals surface area contributed by atoms with Crippen LogP contribution in [0.15, 0.2) is 47.8 Å². The van der Waals surface area contributed by atoms with Crippen molar-refractivity contribution in [2.75, 3.05) is 5.32 Å². The van der Waals surface area contributed by atoms with Crippen LogP contribution >= 0.6 is 22.9 Å². The van der Waals surface area contributed by atoms with E-state index in [0.29, 0.717) is 10.8 Å².